The van der Waals surface area contributed by atoms with Gasteiger partial charge in [0.05, 0.1) is 16.6 Å². The quantitative estimate of drug-likeness (QED) is 0.634. The summed E-state index contributed by atoms with van der Waals surface area (Å²) in [7, 11) is 0. The van der Waals surface area contributed by atoms with Crippen molar-refractivity contribution >= 4 is 5.69 Å². The van der Waals surface area contributed by atoms with Gasteiger partial charge in [-0.1, -0.05) is 0 Å². The molecule has 2 aromatic rings. The van der Waals surface area contributed by atoms with Crippen molar-refractivity contribution in [2.24, 2.45) is 0 Å². The monoisotopic (exact) mass is 276 g/mol. The van der Waals surface area contributed by atoms with Crippen molar-refractivity contribution in [1.29, 1.82) is 5.26 Å². The molecule has 0 aliphatic rings. The first kappa shape index (κ1) is 13.4. The van der Waals surface area contributed by atoms with Crippen molar-refractivity contribution in [3.63, 3.8) is 0 Å². The van der Waals surface area contributed by atoms with Crippen molar-refractivity contribution in [1.82, 2.24) is 0 Å². The molecule has 100 valence electrons. The highest BCUT2D eigenvalue weighted by Crippen LogP contribution is 2.32. The number of nitriles is 1. The molecular weight excluding hydrogens is 270 g/mol. The molecule has 5 nitrogen and oxygen atoms in total. The number of nitrogens with zero attached hydrogens (tertiary/aromatic N) is 2. The van der Waals surface area contributed by atoms with Crippen molar-refractivity contribution in [2.75, 3.05) is 0 Å². The van der Waals surface area contributed by atoms with Crippen LogP contribution in [0.25, 0.3) is 0 Å². The van der Waals surface area contributed by atoms with E-state index in [0.29, 0.717) is 0 Å². The molecule has 0 aromatic heterocycles. The van der Waals surface area contributed by atoms with E-state index in [1.165, 1.54) is 6.07 Å². The molecule has 0 atom stereocenters. The van der Waals surface area contributed by atoms with E-state index in [4.69, 9.17) is 10.00 Å². The Labute approximate surface area is 111 Å². The average molecular weight is 276 g/mol. The lowest BCUT2D eigenvalue weighted by Crippen LogP contribution is -1.95. The van der Waals surface area contributed by atoms with Gasteiger partial charge in [0.25, 0.3) is 0 Å². The minimum Gasteiger partial charge on any atom is -0.450 e. The predicted octanol–water partition coefficient (Wildman–Crippen LogP) is 3.54. The second-order valence-corrected chi connectivity index (χ2v) is 3.76. The Kier molecular flexibility index (Phi) is 3.57. The van der Waals surface area contributed by atoms with Crippen molar-refractivity contribution in [2.45, 2.75) is 0 Å². The fraction of sp³-hybridized carbons (Fsp3) is 0. The van der Waals surface area contributed by atoms with E-state index in [1.807, 2.05) is 0 Å². The number of benzene rings is 2. The first-order chi connectivity index (χ1) is 9.49. The zero-order valence-corrected chi connectivity index (χ0v) is 9.84. The maximum absolute atomic E-state index is 13.2. The molecule has 2 rings (SSSR count). The summed E-state index contributed by atoms with van der Waals surface area (Å²) < 4.78 is 31.4. The molecule has 0 aliphatic heterocycles. The lowest BCUT2D eigenvalue weighted by molar-refractivity contribution is -0.385. The molecule has 0 unspecified atom stereocenters. The van der Waals surface area contributed by atoms with Crippen LogP contribution < -0.4 is 4.74 Å². The largest absolute Gasteiger partial charge is 0.450 e. The summed E-state index contributed by atoms with van der Waals surface area (Å²) in [5.41, 5.74) is -0.478. The average Bonchev–Trinajstić information content (AvgIpc) is 2.37. The van der Waals surface area contributed by atoms with Gasteiger partial charge < -0.3 is 4.74 Å². The molecule has 0 spiro atoms. The highest BCUT2D eigenvalue weighted by Gasteiger charge is 2.17. The first-order valence-corrected chi connectivity index (χ1v) is 5.32. The zero-order chi connectivity index (χ0) is 14.7. The Morgan fingerprint density at radius 2 is 1.90 bits per heavy atom. The van der Waals surface area contributed by atoms with E-state index >= 15 is 0 Å². The van der Waals surface area contributed by atoms with Gasteiger partial charge in [0.1, 0.15) is 17.4 Å². The smallest absolute Gasteiger partial charge is 0.311 e. The number of ether oxygens (including phenoxy) is 1. The van der Waals surface area contributed by atoms with Crippen LogP contribution in [0.15, 0.2) is 36.4 Å². The van der Waals surface area contributed by atoms with Crippen LogP contribution in [0.5, 0.6) is 11.5 Å². The molecule has 0 amide bonds. The Morgan fingerprint density at radius 1 is 1.15 bits per heavy atom. The fourth-order valence-corrected chi connectivity index (χ4v) is 1.53. The number of nitro groups is 1. The molecule has 7 heteroatoms. The summed E-state index contributed by atoms with van der Waals surface area (Å²) in [5.74, 6) is -1.97. The van der Waals surface area contributed by atoms with E-state index in [2.05, 4.69) is 0 Å². The molecule has 0 fully saturated rings. The van der Waals surface area contributed by atoms with Crippen LogP contribution in [0, 0.1) is 33.1 Å². The summed E-state index contributed by atoms with van der Waals surface area (Å²) in [6.07, 6.45) is 0. The van der Waals surface area contributed by atoms with Crippen LogP contribution in [0.3, 0.4) is 0 Å². The highest BCUT2D eigenvalue weighted by atomic mass is 19.1. The van der Waals surface area contributed by atoms with Gasteiger partial charge in [-0.25, -0.2) is 8.78 Å². The summed E-state index contributed by atoms with van der Waals surface area (Å²) in [5, 5.41) is 19.5. The van der Waals surface area contributed by atoms with Gasteiger partial charge in [-0.2, -0.15) is 5.26 Å². The van der Waals surface area contributed by atoms with Crippen LogP contribution in [-0.2, 0) is 0 Å². The summed E-state index contributed by atoms with van der Waals surface area (Å²) in [6.45, 7) is 0. The van der Waals surface area contributed by atoms with Crippen molar-refractivity contribution in [3.8, 4) is 17.6 Å². The highest BCUT2D eigenvalue weighted by molar-refractivity contribution is 5.49. The van der Waals surface area contributed by atoms with Gasteiger partial charge in [-0.05, 0) is 18.2 Å². The minimum absolute atomic E-state index is 0.0148. The van der Waals surface area contributed by atoms with E-state index in [9.17, 15) is 18.9 Å². The summed E-state index contributed by atoms with van der Waals surface area (Å²) in [4.78, 5) is 10.0. The van der Waals surface area contributed by atoms with E-state index in [0.717, 1.165) is 30.3 Å². The second kappa shape index (κ2) is 5.32. The Morgan fingerprint density at radius 3 is 2.55 bits per heavy atom. The van der Waals surface area contributed by atoms with Crippen LogP contribution in [0.4, 0.5) is 14.5 Å². The fourth-order valence-electron chi connectivity index (χ4n) is 1.53. The van der Waals surface area contributed by atoms with Crippen molar-refractivity contribution in [3.05, 3.63) is 63.7 Å². The summed E-state index contributed by atoms with van der Waals surface area (Å²) in [6, 6.07) is 7.49. The number of rotatable bonds is 3. The molecule has 0 saturated carbocycles. The molecule has 2 aromatic carbocycles. The number of nitro benzene ring substituents is 1. The predicted molar refractivity (Wildman–Crippen MR) is 64.2 cm³/mol. The van der Waals surface area contributed by atoms with Gasteiger partial charge in [0.15, 0.2) is 0 Å². The molecule has 0 bridgehead atoms. The van der Waals surface area contributed by atoms with Crippen LogP contribution in [0.2, 0.25) is 0 Å². The molecular formula is C13H6F2N2O3. The van der Waals surface area contributed by atoms with Gasteiger partial charge in [-0.3, -0.25) is 10.1 Å². The maximum Gasteiger partial charge on any atom is 0.311 e. The number of hydrogen-bond acceptors (Lipinski definition) is 4. The molecule has 0 N–H and O–H groups in total. The number of hydrogen-bond donors (Lipinski definition) is 0. The lowest BCUT2D eigenvalue weighted by Gasteiger charge is -2.07. The van der Waals surface area contributed by atoms with E-state index in [1.54, 1.807) is 6.07 Å². The molecule has 0 radical (unpaired) electrons. The lowest BCUT2D eigenvalue weighted by atomic mass is 10.2. The normalized spacial score (nSPS) is 9.85. The number of halogens is 2. The first-order valence-electron chi connectivity index (χ1n) is 5.32. The van der Waals surface area contributed by atoms with Gasteiger partial charge in [0, 0.05) is 18.2 Å². The standard InChI is InChI=1S/C13H6F2N2O3/c14-9-1-2-12(17(18)19)13(6-9)20-11-4-8(7-16)3-10(15)5-11/h1-6H. The zero-order valence-electron chi connectivity index (χ0n) is 9.84. The van der Waals surface area contributed by atoms with Gasteiger partial charge in [0.2, 0.25) is 5.75 Å². The molecule has 0 aliphatic carbocycles. The van der Waals surface area contributed by atoms with Crippen LogP contribution in [0.1, 0.15) is 5.56 Å². The summed E-state index contributed by atoms with van der Waals surface area (Å²) >= 11 is 0. The third-order valence-corrected chi connectivity index (χ3v) is 2.35. The third-order valence-electron chi connectivity index (χ3n) is 2.35. The minimum atomic E-state index is -0.751. The van der Waals surface area contributed by atoms with Gasteiger partial charge >= 0.3 is 5.69 Å². The maximum atomic E-state index is 13.2. The van der Waals surface area contributed by atoms with Crippen LogP contribution in [-0.4, -0.2) is 4.92 Å². The Bertz CT molecular complexity index is 726. The SMILES string of the molecule is N#Cc1cc(F)cc(Oc2cc(F)ccc2[N+](=O)[O-])c1. The molecule has 20 heavy (non-hydrogen) atoms. The molecule has 0 saturated heterocycles. The van der Waals surface area contributed by atoms with E-state index in [-0.39, 0.29) is 17.1 Å². The third kappa shape index (κ3) is 2.87. The van der Waals surface area contributed by atoms with Gasteiger partial charge in [-0.15, -0.1) is 0 Å². The van der Waals surface area contributed by atoms with Crippen LogP contribution >= 0.6 is 0 Å². The second-order valence-electron chi connectivity index (χ2n) is 3.76. The topological polar surface area (TPSA) is 76.2 Å². The Balaban J connectivity index is 2.44. The van der Waals surface area contributed by atoms with Crippen molar-refractivity contribution < 1.29 is 18.4 Å². The molecule has 0 heterocycles. The van der Waals surface area contributed by atoms with E-state index < -0.39 is 22.2 Å². The Hall–Kier alpha value is -3.01.